The van der Waals surface area contributed by atoms with Gasteiger partial charge in [0.25, 0.3) is 0 Å². The molecule has 0 unspecified atom stereocenters. The summed E-state index contributed by atoms with van der Waals surface area (Å²) in [7, 11) is -3.39. The lowest BCUT2D eigenvalue weighted by Crippen LogP contribution is -2.09. The Morgan fingerprint density at radius 2 is 1.68 bits per heavy atom. The summed E-state index contributed by atoms with van der Waals surface area (Å²) in [4.78, 5) is 3.03. The molecule has 1 heterocycles. The average molecular weight is 490 g/mol. The highest BCUT2D eigenvalue weighted by molar-refractivity contribution is 7.92. The molecule has 3 aromatic rings. The van der Waals surface area contributed by atoms with Gasteiger partial charge in [0, 0.05) is 17.1 Å². The van der Waals surface area contributed by atoms with Gasteiger partial charge in [-0.2, -0.15) is 14.0 Å². The smallest absolute Gasteiger partial charge is 0.387 e. The molecule has 2 N–H and O–H groups in total. The quantitative estimate of drug-likeness (QED) is 0.419. The Morgan fingerprint density at radius 1 is 1.09 bits per heavy atom. The summed E-state index contributed by atoms with van der Waals surface area (Å²) in [6.07, 6.45) is 10.0. The van der Waals surface area contributed by atoms with Gasteiger partial charge in [-0.3, -0.25) is 4.72 Å². The van der Waals surface area contributed by atoms with Crippen molar-refractivity contribution < 1.29 is 21.9 Å². The molecule has 5 rings (SSSR count). The molecule has 0 radical (unpaired) electrons. The lowest BCUT2D eigenvalue weighted by Gasteiger charge is -2.05. The number of ether oxygens (including phenoxy) is 1. The number of anilines is 1. The third kappa shape index (κ3) is 7.73. The highest BCUT2D eigenvalue weighted by atomic mass is 32.2. The van der Waals surface area contributed by atoms with E-state index in [0.717, 1.165) is 12.2 Å². The molecular formula is C25H29F2N3O3S. The molecule has 2 saturated carbocycles. The second-order valence-electron chi connectivity index (χ2n) is 8.62. The van der Waals surface area contributed by atoms with Gasteiger partial charge in [0.05, 0.1) is 23.0 Å². The predicted octanol–water partition coefficient (Wildman–Crippen LogP) is 6.66. The number of halogens is 2. The molecule has 1 aromatic heterocycles. The third-order valence-corrected chi connectivity index (χ3v) is 6.06. The SMILES string of the molecule is C1CCC1.CC1CC1.CS(=O)(=O)Nc1ccc(-c2[nH]c3cc(OC(F)F)ccc3c2C#N)cc1. The fraction of sp³-hybridized carbons (Fsp3) is 0.400. The van der Waals surface area contributed by atoms with Crippen LogP contribution in [0.2, 0.25) is 0 Å². The van der Waals surface area contributed by atoms with Gasteiger partial charge >= 0.3 is 6.61 Å². The van der Waals surface area contributed by atoms with Crippen LogP contribution < -0.4 is 9.46 Å². The summed E-state index contributed by atoms with van der Waals surface area (Å²) >= 11 is 0. The van der Waals surface area contributed by atoms with E-state index in [2.05, 4.69) is 27.4 Å². The van der Waals surface area contributed by atoms with Gasteiger partial charge in [-0.05, 0) is 35.7 Å². The number of aromatic nitrogens is 1. The molecule has 0 saturated heterocycles. The largest absolute Gasteiger partial charge is 0.435 e. The molecule has 0 bridgehead atoms. The summed E-state index contributed by atoms with van der Waals surface area (Å²) < 4.78 is 53.9. The van der Waals surface area contributed by atoms with Crippen LogP contribution in [-0.2, 0) is 10.0 Å². The van der Waals surface area contributed by atoms with Crippen molar-refractivity contribution in [2.24, 2.45) is 5.92 Å². The first-order valence-corrected chi connectivity index (χ1v) is 13.1. The minimum absolute atomic E-state index is 0.0162. The van der Waals surface area contributed by atoms with Crippen LogP contribution in [0.3, 0.4) is 0 Å². The number of hydrogen-bond acceptors (Lipinski definition) is 4. The van der Waals surface area contributed by atoms with Crippen molar-refractivity contribution in [2.45, 2.75) is 52.1 Å². The van der Waals surface area contributed by atoms with Crippen molar-refractivity contribution in [1.29, 1.82) is 5.26 Å². The molecule has 0 spiro atoms. The zero-order valence-corrected chi connectivity index (χ0v) is 20.1. The van der Waals surface area contributed by atoms with E-state index in [1.165, 1.54) is 56.7 Å². The van der Waals surface area contributed by atoms with Gasteiger partial charge in [0.1, 0.15) is 11.8 Å². The molecule has 182 valence electrons. The predicted molar refractivity (Wildman–Crippen MR) is 130 cm³/mol. The van der Waals surface area contributed by atoms with Gasteiger partial charge in [-0.15, -0.1) is 0 Å². The minimum atomic E-state index is -3.39. The van der Waals surface area contributed by atoms with E-state index in [9.17, 15) is 22.5 Å². The summed E-state index contributed by atoms with van der Waals surface area (Å²) in [5.74, 6) is 1.07. The molecular weight excluding hydrogens is 460 g/mol. The van der Waals surface area contributed by atoms with E-state index in [1.54, 1.807) is 24.3 Å². The van der Waals surface area contributed by atoms with Crippen LogP contribution >= 0.6 is 0 Å². The number of hydrogen-bond donors (Lipinski definition) is 2. The van der Waals surface area contributed by atoms with E-state index in [-0.39, 0.29) is 5.75 Å². The average Bonchev–Trinajstić information content (AvgIpc) is 3.40. The minimum Gasteiger partial charge on any atom is -0.435 e. The third-order valence-electron chi connectivity index (χ3n) is 5.45. The number of benzene rings is 2. The number of alkyl halides is 2. The number of aromatic amines is 1. The Kier molecular flexibility index (Phi) is 8.51. The highest BCUT2D eigenvalue weighted by Crippen LogP contribution is 2.32. The number of sulfonamides is 1. The second-order valence-corrected chi connectivity index (χ2v) is 10.4. The number of H-pyrrole nitrogens is 1. The monoisotopic (exact) mass is 489 g/mol. The van der Waals surface area contributed by atoms with Gasteiger partial charge in [0.2, 0.25) is 10.0 Å². The van der Waals surface area contributed by atoms with Crippen molar-refractivity contribution in [2.75, 3.05) is 11.0 Å². The number of fused-ring (bicyclic) bond motifs is 1. The Labute approximate surface area is 199 Å². The van der Waals surface area contributed by atoms with E-state index in [4.69, 9.17) is 0 Å². The van der Waals surface area contributed by atoms with Crippen LogP contribution in [0.1, 0.15) is 51.0 Å². The normalized spacial score (nSPS) is 14.7. The molecule has 2 aliphatic rings. The highest BCUT2D eigenvalue weighted by Gasteiger charge is 2.15. The second kappa shape index (κ2) is 11.3. The van der Waals surface area contributed by atoms with Crippen molar-refractivity contribution in [3.63, 3.8) is 0 Å². The zero-order chi connectivity index (χ0) is 24.7. The van der Waals surface area contributed by atoms with Crippen LogP contribution in [0.5, 0.6) is 5.75 Å². The first-order valence-electron chi connectivity index (χ1n) is 11.2. The molecule has 0 atom stereocenters. The molecule has 6 nitrogen and oxygen atoms in total. The summed E-state index contributed by atoms with van der Waals surface area (Å²) in [6.45, 7) is -0.660. The van der Waals surface area contributed by atoms with E-state index < -0.39 is 16.6 Å². The molecule has 0 aliphatic heterocycles. The number of nitriles is 1. The fourth-order valence-electron chi connectivity index (χ4n) is 3.02. The molecule has 9 heteroatoms. The van der Waals surface area contributed by atoms with Gasteiger partial charge in [-0.1, -0.05) is 57.6 Å². The van der Waals surface area contributed by atoms with Gasteiger partial charge in [0.15, 0.2) is 0 Å². The molecule has 34 heavy (non-hydrogen) atoms. The zero-order valence-electron chi connectivity index (χ0n) is 19.3. The maximum Gasteiger partial charge on any atom is 0.387 e. The molecule has 0 amide bonds. The fourth-order valence-corrected chi connectivity index (χ4v) is 3.59. The first-order chi connectivity index (χ1) is 16.2. The number of rotatable bonds is 5. The Balaban J connectivity index is 0.000000339. The number of nitrogens with zero attached hydrogens (tertiary/aromatic N) is 1. The van der Waals surface area contributed by atoms with E-state index in [1.807, 2.05) is 0 Å². The Morgan fingerprint density at radius 3 is 2.12 bits per heavy atom. The lowest BCUT2D eigenvalue weighted by atomic mass is 10.0. The Bertz CT molecular complexity index is 1240. The van der Waals surface area contributed by atoms with Crippen molar-refractivity contribution in [3.05, 3.63) is 48.0 Å². The van der Waals surface area contributed by atoms with Crippen LogP contribution in [0, 0.1) is 17.2 Å². The van der Waals surface area contributed by atoms with Gasteiger partial charge < -0.3 is 9.72 Å². The summed E-state index contributed by atoms with van der Waals surface area (Å²) in [5, 5.41) is 10.0. The lowest BCUT2D eigenvalue weighted by molar-refractivity contribution is -0.0497. The topological polar surface area (TPSA) is 95.0 Å². The maximum atomic E-state index is 12.4. The van der Waals surface area contributed by atoms with Crippen LogP contribution in [0.15, 0.2) is 42.5 Å². The van der Waals surface area contributed by atoms with Crippen molar-refractivity contribution in [1.82, 2.24) is 4.98 Å². The number of nitrogens with one attached hydrogen (secondary N) is 2. The van der Waals surface area contributed by atoms with Gasteiger partial charge in [-0.25, -0.2) is 8.42 Å². The van der Waals surface area contributed by atoms with Crippen molar-refractivity contribution >= 4 is 26.6 Å². The van der Waals surface area contributed by atoms with Crippen LogP contribution in [0.4, 0.5) is 14.5 Å². The van der Waals surface area contributed by atoms with E-state index >= 15 is 0 Å². The van der Waals surface area contributed by atoms with Crippen LogP contribution in [0.25, 0.3) is 22.2 Å². The molecule has 2 aliphatic carbocycles. The first kappa shape index (κ1) is 25.5. The molecule has 2 aromatic carbocycles. The summed E-state index contributed by atoms with van der Waals surface area (Å²) in [5.41, 5.74) is 2.37. The Hall–Kier alpha value is -3.12. The molecule has 2 fully saturated rings. The standard InChI is InChI=1S/C17H13F2N3O3S.2C4H8/c1-26(23,24)22-11-4-2-10(3-5-11)16-14(9-20)13-7-6-12(25-17(18)19)8-15(13)21-16;1-4-2-3-4;1-2-4-3-1/h2-8,17,21-22H,1H3;4H,2-3H2,1H3;1-4H2. The van der Waals surface area contributed by atoms with E-state index in [0.29, 0.717) is 33.4 Å². The van der Waals surface area contributed by atoms with Crippen molar-refractivity contribution in [3.8, 4) is 23.1 Å². The maximum absolute atomic E-state index is 12.4. The summed E-state index contributed by atoms with van der Waals surface area (Å²) in [6, 6.07) is 12.8. The van der Waals surface area contributed by atoms with Crippen LogP contribution in [-0.4, -0.2) is 26.3 Å².